The minimum Gasteiger partial charge on any atom is -0.482 e. The molecule has 1 saturated carbocycles. The van der Waals surface area contributed by atoms with Crippen LogP contribution in [0.5, 0.6) is 5.75 Å². The number of rotatable bonds is 5. The Hall–Kier alpha value is -2.52. The lowest BCUT2D eigenvalue weighted by molar-refractivity contribution is -0.153. The lowest BCUT2D eigenvalue weighted by Gasteiger charge is -2.39. The number of alkyl carbamates (subject to hydrolysis) is 1. The van der Waals surface area contributed by atoms with Gasteiger partial charge in [0.05, 0.1) is 11.6 Å². The molecule has 2 aliphatic rings. The highest BCUT2D eigenvalue weighted by molar-refractivity contribution is 5.84. The van der Waals surface area contributed by atoms with E-state index in [4.69, 9.17) is 9.47 Å². The fraction of sp³-hybridized carbons (Fsp3) is 0.708. The maximum absolute atomic E-state index is 13.8. The quantitative estimate of drug-likeness (QED) is 0.658. The molecule has 2 heterocycles. The van der Waals surface area contributed by atoms with Gasteiger partial charge in [-0.25, -0.2) is 4.79 Å². The first-order valence-electron chi connectivity index (χ1n) is 11.6. The molecule has 34 heavy (non-hydrogen) atoms. The number of halogens is 3. The average Bonchev–Trinajstić information content (AvgIpc) is 3.14. The van der Waals surface area contributed by atoms with Crippen LogP contribution < -0.4 is 10.1 Å². The topological polar surface area (TPSA) is 80.8 Å². The molecule has 2 amide bonds. The van der Waals surface area contributed by atoms with Crippen molar-refractivity contribution in [3.8, 4) is 5.75 Å². The fourth-order valence-electron chi connectivity index (χ4n) is 4.78. The number of hydrogen-bond acceptors (Lipinski definition) is 5. The Morgan fingerprint density at radius 1 is 1.29 bits per heavy atom. The first-order valence-corrected chi connectivity index (χ1v) is 11.6. The Bertz CT molecular complexity index is 914. The molecule has 7 nitrogen and oxygen atoms in total. The predicted molar refractivity (Wildman–Crippen MR) is 119 cm³/mol. The molecule has 1 N–H and O–H groups in total. The number of carbonyl (C=O) groups is 2. The summed E-state index contributed by atoms with van der Waals surface area (Å²) in [5.74, 6) is 0.0844. The second kappa shape index (κ2) is 9.62. The van der Waals surface area contributed by atoms with Gasteiger partial charge in [0, 0.05) is 31.2 Å². The number of nitrogens with one attached hydrogen (secondary N) is 1. The van der Waals surface area contributed by atoms with E-state index in [2.05, 4.69) is 10.3 Å². The maximum atomic E-state index is 13.8. The van der Waals surface area contributed by atoms with E-state index >= 15 is 0 Å². The lowest BCUT2D eigenvalue weighted by Crippen LogP contribution is -2.48. The van der Waals surface area contributed by atoms with Crippen molar-refractivity contribution in [2.45, 2.75) is 84.7 Å². The van der Waals surface area contributed by atoms with Crippen molar-refractivity contribution >= 4 is 12.0 Å². The van der Waals surface area contributed by atoms with Crippen molar-refractivity contribution in [3.05, 3.63) is 23.5 Å². The molecule has 1 aromatic heterocycles. The van der Waals surface area contributed by atoms with Crippen molar-refractivity contribution in [3.63, 3.8) is 0 Å². The number of fused-ring (bicyclic) bond motifs is 1. The van der Waals surface area contributed by atoms with E-state index in [0.717, 1.165) is 5.69 Å². The van der Waals surface area contributed by atoms with Gasteiger partial charge in [-0.3, -0.25) is 9.78 Å². The number of pyridine rings is 1. The molecule has 1 fully saturated rings. The molecule has 2 unspecified atom stereocenters. The van der Waals surface area contributed by atoms with E-state index in [1.54, 1.807) is 25.7 Å². The van der Waals surface area contributed by atoms with Crippen LogP contribution in [0.3, 0.4) is 0 Å². The standard InChI is InChI=1S/C24H34F3N3O4/c1-15(2)23(8-6-17(11-23)29-21(32)34-22(3,4)5)20(31)30-9-7-19-16(13-30)10-18(12-28-19)33-14-24(25,26)27/h10,12,15,17H,6-9,11,13-14H2,1-5H3,(H,29,32). The van der Waals surface area contributed by atoms with E-state index in [1.807, 2.05) is 13.8 Å². The molecule has 0 spiro atoms. The number of alkyl halides is 3. The Morgan fingerprint density at radius 2 is 2.00 bits per heavy atom. The van der Waals surface area contributed by atoms with Crippen molar-refractivity contribution < 1.29 is 32.2 Å². The monoisotopic (exact) mass is 485 g/mol. The van der Waals surface area contributed by atoms with Gasteiger partial charge in [0.25, 0.3) is 0 Å². The minimum absolute atomic E-state index is 0.00301. The van der Waals surface area contributed by atoms with Gasteiger partial charge in [-0.2, -0.15) is 13.2 Å². The molecule has 0 saturated heterocycles. The Kier molecular flexibility index (Phi) is 7.38. The Balaban J connectivity index is 1.70. The van der Waals surface area contributed by atoms with Gasteiger partial charge >= 0.3 is 12.3 Å². The first-order chi connectivity index (χ1) is 15.7. The average molecular weight is 486 g/mol. The van der Waals surface area contributed by atoms with Crippen molar-refractivity contribution in [2.24, 2.45) is 11.3 Å². The normalized spacial score (nSPS) is 23.0. The number of ether oxygens (including phenoxy) is 2. The van der Waals surface area contributed by atoms with Crippen LogP contribution in [-0.4, -0.2) is 52.9 Å². The van der Waals surface area contributed by atoms with Gasteiger partial charge in [-0.1, -0.05) is 13.8 Å². The van der Waals surface area contributed by atoms with Crippen LogP contribution in [0.4, 0.5) is 18.0 Å². The van der Waals surface area contributed by atoms with Crippen LogP contribution in [0.25, 0.3) is 0 Å². The molecule has 1 aromatic rings. The van der Waals surface area contributed by atoms with Crippen molar-refractivity contribution in [1.82, 2.24) is 15.2 Å². The summed E-state index contributed by atoms with van der Waals surface area (Å²) >= 11 is 0. The van der Waals surface area contributed by atoms with Crippen LogP contribution in [0, 0.1) is 11.3 Å². The van der Waals surface area contributed by atoms with Crippen molar-refractivity contribution in [2.75, 3.05) is 13.2 Å². The molecule has 1 aliphatic heterocycles. The highest BCUT2D eigenvalue weighted by Crippen LogP contribution is 2.46. The number of aromatic nitrogens is 1. The van der Waals surface area contributed by atoms with E-state index in [0.29, 0.717) is 37.8 Å². The lowest BCUT2D eigenvalue weighted by atomic mass is 9.74. The molecule has 10 heteroatoms. The first kappa shape index (κ1) is 26.1. The third kappa shape index (κ3) is 6.33. The molecule has 0 radical (unpaired) electrons. The zero-order valence-corrected chi connectivity index (χ0v) is 20.4. The van der Waals surface area contributed by atoms with E-state index in [-0.39, 0.29) is 30.2 Å². The Morgan fingerprint density at radius 3 is 2.62 bits per heavy atom. The molecule has 0 aromatic carbocycles. The molecule has 0 bridgehead atoms. The van der Waals surface area contributed by atoms with E-state index in [9.17, 15) is 22.8 Å². The number of nitrogens with zero attached hydrogens (tertiary/aromatic N) is 2. The zero-order valence-electron chi connectivity index (χ0n) is 20.4. The van der Waals surface area contributed by atoms with Gasteiger partial charge in [0.1, 0.15) is 11.4 Å². The molecular formula is C24H34F3N3O4. The number of amides is 2. The molecule has 3 rings (SSSR count). The van der Waals surface area contributed by atoms with Gasteiger partial charge in [0.2, 0.25) is 5.91 Å². The summed E-state index contributed by atoms with van der Waals surface area (Å²) in [5.41, 5.74) is 0.220. The van der Waals surface area contributed by atoms with E-state index < -0.39 is 29.9 Å². The van der Waals surface area contributed by atoms with E-state index in [1.165, 1.54) is 12.3 Å². The summed E-state index contributed by atoms with van der Waals surface area (Å²) in [4.78, 5) is 32.0. The van der Waals surface area contributed by atoms with Gasteiger partial charge < -0.3 is 19.7 Å². The molecule has 1 aliphatic carbocycles. The predicted octanol–water partition coefficient (Wildman–Crippen LogP) is 4.63. The minimum atomic E-state index is -4.44. The summed E-state index contributed by atoms with van der Waals surface area (Å²) < 4.78 is 47.7. The maximum Gasteiger partial charge on any atom is 0.422 e. The second-order valence-electron chi connectivity index (χ2n) is 10.6. The molecule has 2 atom stereocenters. The van der Waals surface area contributed by atoms with Crippen LogP contribution in [0.2, 0.25) is 0 Å². The molecule has 190 valence electrons. The number of carbonyl (C=O) groups excluding carboxylic acids is 2. The fourth-order valence-corrected chi connectivity index (χ4v) is 4.78. The van der Waals surface area contributed by atoms with Gasteiger partial charge in [-0.15, -0.1) is 0 Å². The zero-order chi connectivity index (χ0) is 25.3. The Labute approximate surface area is 198 Å². The number of hydrogen-bond donors (Lipinski definition) is 1. The summed E-state index contributed by atoms with van der Waals surface area (Å²) in [6.07, 6.45) is -1.29. The summed E-state index contributed by atoms with van der Waals surface area (Å²) in [6, 6.07) is 1.37. The smallest absolute Gasteiger partial charge is 0.422 e. The largest absolute Gasteiger partial charge is 0.482 e. The third-order valence-corrected chi connectivity index (χ3v) is 6.51. The van der Waals surface area contributed by atoms with Crippen LogP contribution in [0.1, 0.15) is 65.1 Å². The van der Waals surface area contributed by atoms with Gasteiger partial charge in [0.15, 0.2) is 6.61 Å². The summed E-state index contributed by atoms with van der Waals surface area (Å²) in [7, 11) is 0. The highest BCUT2D eigenvalue weighted by atomic mass is 19.4. The summed E-state index contributed by atoms with van der Waals surface area (Å²) in [5, 5.41) is 2.90. The van der Waals surface area contributed by atoms with Crippen LogP contribution in [-0.2, 0) is 22.5 Å². The van der Waals surface area contributed by atoms with Crippen LogP contribution >= 0.6 is 0 Å². The highest BCUT2D eigenvalue weighted by Gasteiger charge is 2.50. The second-order valence-corrected chi connectivity index (χ2v) is 10.6. The third-order valence-electron chi connectivity index (χ3n) is 6.51. The SMILES string of the molecule is CC(C)C1(C(=O)N2CCc3ncc(OCC(F)(F)F)cc3C2)CCC(NC(=O)OC(C)(C)C)C1. The van der Waals surface area contributed by atoms with Gasteiger partial charge in [-0.05, 0) is 57.6 Å². The van der Waals surface area contributed by atoms with Crippen LogP contribution in [0.15, 0.2) is 12.3 Å². The summed E-state index contributed by atoms with van der Waals surface area (Å²) in [6.45, 7) is 8.78. The molecular weight excluding hydrogens is 451 g/mol. The van der Waals surface area contributed by atoms with Crippen molar-refractivity contribution in [1.29, 1.82) is 0 Å².